The maximum Gasteiger partial charge on any atom is 0.131 e. The number of piperidine rings is 1. The van der Waals surface area contributed by atoms with Crippen molar-refractivity contribution in [1.82, 2.24) is 10.3 Å². The lowest BCUT2D eigenvalue weighted by molar-refractivity contribution is 0.436. The van der Waals surface area contributed by atoms with E-state index in [1.807, 2.05) is 6.20 Å². The van der Waals surface area contributed by atoms with E-state index in [9.17, 15) is 0 Å². The molecule has 1 aromatic rings. The van der Waals surface area contributed by atoms with Gasteiger partial charge in [0.2, 0.25) is 0 Å². The van der Waals surface area contributed by atoms with E-state index in [-0.39, 0.29) is 0 Å². The summed E-state index contributed by atoms with van der Waals surface area (Å²) in [7, 11) is 0. The SMILES string of the molecule is Cc1cc(CNC(C)C)cnc1N1CCC(C)CC1. The normalized spacial score (nSPS) is 17.2. The van der Waals surface area contributed by atoms with Gasteiger partial charge in [-0.25, -0.2) is 4.98 Å². The molecule has 0 spiro atoms. The molecule has 1 fully saturated rings. The summed E-state index contributed by atoms with van der Waals surface area (Å²) in [5.41, 5.74) is 2.58. The fourth-order valence-electron chi connectivity index (χ4n) is 2.60. The van der Waals surface area contributed by atoms with Gasteiger partial charge in [0.1, 0.15) is 5.82 Å². The summed E-state index contributed by atoms with van der Waals surface area (Å²) in [5, 5.41) is 3.44. The third-order valence-corrected chi connectivity index (χ3v) is 3.90. The van der Waals surface area contributed by atoms with Gasteiger partial charge < -0.3 is 10.2 Å². The molecule has 0 bridgehead atoms. The van der Waals surface area contributed by atoms with E-state index in [1.165, 1.54) is 29.8 Å². The first-order valence-corrected chi connectivity index (χ1v) is 7.50. The van der Waals surface area contributed by atoms with Crippen LogP contribution in [0, 0.1) is 12.8 Å². The Morgan fingerprint density at radius 3 is 2.63 bits per heavy atom. The maximum absolute atomic E-state index is 4.69. The van der Waals surface area contributed by atoms with E-state index >= 15 is 0 Å². The van der Waals surface area contributed by atoms with Gasteiger partial charge >= 0.3 is 0 Å². The van der Waals surface area contributed by atoms with Crippen molar-refractivity contribution in [2.24, 2.45) is 5.92 Å². The maximum atomic E-state index is 4.69. The largest absolute Gasteiger partial charge is 0.356 e. The number of aryl methyl sites for hydroxylation is 1. The average molecular weight is 261 g/mol. The minimum absolute atomic E-state index is 0.517. The van der Waals surface area contributed by atoms with E-state index in [1.54, 1.807) is 0 Å². The molecular formula is C16H27N3. The smallest absolute Gasteiger partial charge is 0.131 e. The Bertz CT molecular complexity index is 406. The highest BCUT2D eigenvalue weighted by Crippen LogP contribution is 2.24. The van der Waals surface area contributed by atoms with Gasteiger partial charge in [-0.3, -0.25) is 0 Å². The monoisotopic (exact) mass is 261 g/mol. The number of hydrogen-bond donors (Lipinski definition) is 1. The van der Waals surface area contributed by atoms with E-state index in [0.717, 1.165) is 25.6 Å². The Balaban J connectivity index is 2.02. The summed E-state index contributed by atoms with van der Waals surface area (Å²) in [5.74, 6) is 2.05. The van der Waals surface area contributed by atoms with Crippen LogP contribution in [0.2, 0.25) is 0 Å². The van der Waals surface area contributed by atoms with Crippen molar-refractivity contribution in [1.29, 1.82) is 0 Å². The van der Waals surface area contributed by atoms with Crippen molar-refractivity contribution in [3.63, 3.8) is 0 Å². The zero-order chi connectivity index (χ0) is 13.8. The Hall–Kier alpha value is -1.09. The molecular weight excluding hydrogens is 234 g/mol. The zero-order valence-corrected chi connectivity index (χ0v) is 12.7. The summed E-state index contributed by atoms with van der Waals surface area (Å²) in [6.07, 6.45) is 4.60. The summed E-state index contributed by atoms with van der Waals surface area (Å²) in [6.45, 7) is 12.1. The van der Waals surface area contributed by atoms with Crippen molar-refractivity contribution < 1.29 is 0 Å². The minimum Gasteiger partial charge on any atom is -0.356 e. The molecule has 1 aliphatic rings. The summed E-state index contributed by atoms with van der Waals surface area (Å²) in [4.78, 5) is 7.13. The Kier molecular flexibility index (Phi) is 4.81. The van der Waals surface area contributed by atoms with Crippen LogP contribution in [-0.4, -0.2) is 24.1 Å². The molecule has 0 saturated carbocycles. The Morgan fingerprint density at radius 2 is 2.05 bits per heavy atom. The van der Waals surface area contributed by atoms with E-state index in [4.69, 9.17) is 4.98 Å². The number of hydrogen-bond acceptors (Lipinski definition) is 3. The van der Waals surface area contributed by atoms with E-state index in [0.29, 0.717) is 6.04 Å². The zero-order valence-electron chi connectivity index (χ0n) is 12.7. The van der Waals surface area contributed by atoms with Crippen LogP contribution in [0.1, 0.15) is 44.7 Å². The summed E-state index contributed by atoms with van der Waals surface area (Å²) >= 11 is 0. The number of pyridine rings is 1. The topological polar surface area (TPSA) is 28.2 Å². The van der Waals surface area contributed by atoms with Crippen LogP contribution in [-0.2, 0) is 6.54 Å². The molecule has 1 N–H and O–H groups in total. The molecule has 3 heteroatoms. The van der Waals surface area contributed by atoms with E-state index < -0.39 is 0 Å². The van der Waals surface area contributed by atoms with Crippen molar-refractivity contribution in [2.45, 2.75) is 53.1 Å². The lowest BCUT2D eigenvalue weighted by atomic mass is 9.99. The highest BCUT2D eigenvalue weighted by Gasteiger charge is 2.18. The molecule has 0 aromatic carbocycles. The van der Waals surface area contributed by atoms with Crippen LogP contribution in [0.3, 0.4) is 0 Å². The lowest BCUT2D eigenvalue weighted by Gasteiger charge is -2.32. The summed E-state index contributed by atoms with van der Waals surface area (Å²) in [6, 6.07) is 2.79. The van der Waals surface area contributed by atoms with Crippen LogP contribution >= 0.6 is 0 Å². The van der Waals surface area contributed by atoms with Crippen molar-refractivity contribution >= 4 is 5.82 Å². The first-order chi connectivity index (χ1) is 9.06. The molecule has 106 valence electrons. The lowest BCUT2D eigenvalue weighted by Crippen LogP contribution is -2.34. The fraction of sp³-hybridized carbons (Fsp3) is 0.688. The Morgan fingerprint density at radius 1 is 1.37 bits per heavy atom. The molecule has 2 heterocycles. The van der Waals surface area contributed by atoms with E-state index in [2.05, 4.69) is 44.0 Å². The molecule has 0 amide bonds. The van der Waals surface area contributed by atoms with Crippen molar-refractivity contribution in [3.05, 3.63) is 23.4 Å². The number of rotatable bonds is 4. The molecule has 0 atom stereocenters. The molecule has 1 aliphatic heterocycles. The number of anilines is 1. The highest BCUT2D eigenvalue weighted by molar-refractivity contribution is 5.47. The molecule has 3 nitrogen and oxygen atoms in total. The van der Waals surface area contributed by atoms with Gasteiger partial charge in [0, 0.05) is 31.9 Å². The predicted octanol–water partition coefficient (Wildman–Crippen LogP) is 3.12. The first kappa shape index (κ1) is 14.3. The predicted molar refractivity (Wildman–Crippen MR) is 81.6 cm³/mol. The van der Waals surface area contributed by atoms with Gasteiger partial charge in [0.25, 0.3) is 0 Å². The molecule has 1 saturated heterocycles. The molecule has 19 heavy (non-hydrogen) atoms. The average Bonchev–Trinajstić information content (AvgIpc) is 2.38. The van der Waals surface area contributed by atoms with Crippen LogP contribution in [0.25, 0.3) is 0 Å². The molecule has 0 unspecified atom stereocenters. The van der Waals surface area contributed by atoms with Crippen molar-refractivity contribution in [2.75, 3.05) is 18.0 Å². The first-order valence-electron chi connectivity index (χ1n) is 7.50. The highest BCUT2D eigenvalue weighted by atomic mass is 15.2. The van der Waals surface area contributed by atoms with Gasteiger partial charge in [0.15, 0.2) is 0 Å². The summed E-state index contributed by atoms with van der Waals surface area (Å²) < 4.78 is 0. The Labute approximate surface area is 117 Å². The second-order valence-corrected chi connectivity index (χ2v) is 6.19. The van der Waals surface area contributed by atoms with Gasteiger partial charge in [-0.05, 0) is 42.9 Å². The fourth-order valence-corrected chi connectivity index (χ4v) is 2.60. The molecule has 1 aromatic heterocycles. The van der Waals surface area contributed by atoms with Gasteiger partial charge in [-0.1, -0.05) is 20.8 Å². The quantitative estimate of drug-likeness (QED) is 0.902. The molecule has 2 rings (SSSR count). The number of nitrogens with zero attached hydrogens (tertiary/aromatic N) is 2. The van der Waals surface area contributed by atoms with Gasteiger partial charge in [0.05, 0.1) is 0 Å². The third kappa shape index (κ3) is 3.93. The number of nitrogens with one attached hydrogen (secondary N) is 1. The number of aromatic nitrogens is 1. The van der Waals surface area contributed by atoms with Crippen LogP contribution in [0.4, 0.5) is 5.82 Å². The molecule has 0 aliphatic carbocycles. The molecule has 0 radical (unpaired) electrons. The van der Waals surface area contributed by atoms with Crippen LogP contribution in [0.15, 0.2) is 12.3 Å². The minimum atomic E-state index is 0.517. The van der Waals surface area contributed by atoms with Crippen LogP contribution < -0.4 is 10.2 Å². The van der Waals surface area contributed by atoms with Crippen LogP contribution in [0.5, 0.6) is 0 Å². The van der Waals surface area contributed by atoms with Gasteiger partial charge in [-0.2, -0.15) is 0 Å². The second kappa shape index (κ2) is 6.38. The van der Waals surface area contributed by atoms with Gasteiger partial charge in [-0.15, -0.1) is 0 Å². The van der Waals surface area contributed by atoms with Crippen molar-refractivity contribution in [3.8, 4) is 0 Å². The third-order valence-electron chi connectivity index (χ3n) is 3.90. The standard InChI is InChI=1S/C16H27N3/c1-12(2)17-10-15-9-14(4)16(18-11-15)19-7-5-13(3)6-8-19/h9,11-13,17H,5-8,10H2,1-4H3. The second-order valence-electron chi connectivity index (χ2n) is 6.19.